The van der Waals surface area contributed by atoms with Crippen molar-refractivity contribution < 1.29 is 19.6 Å². The van der Waals surface area contributed by atoms with Gasteiger partial charge in [0, 0.05) is 24.8 Å². The molecule has 8 nitrogen and oxygen atoms in total. The van der Waals surface area contributed by atoms with Gasteiger partial charge in [-0.15, -0.1) is 0 Å². The molecule has 0 saturated carbocycles. The van der Waals surface area contributed by atoms with Gasteiger partial charge in [0.1, 0.15) is 0 Å². The van der Waals surface area contributed by atoms with E-state index in [0.717, 1.165) is 0 Å². The SMILES string of the molecule is CC1C(C(=O)O)CCN1C(=O)c1ccc([N+](=O)[O-])c2cccnc12. The largest absolute Gasteiger partial charge is 0.481 e. The number of likely N-dealkylation sites (tertiary alicyclic amines) is 1. The molecule has 1 amide bonds. The number of nitro groups is 1. The van der Waals surface area contributed by atoms with Crippen molar-refractivity contribution in [3.8, 4) is 0 Å². The van der Waals surface area contributed by atoms with E-state index in [2.05, 4.69) is 4.98 Å². The first-order valence-corrected chi connectivity index (χ1v) is 7.47. The van der Waals surface area contributed by atoms with Crippen LogP contribution in [0.5, 0.6) is 0 Å². The lowest BCUT2D eigenvalue weighted by molar-refractivity contribution is -0.383. The number of nitrogens with zero attached hydrogens (tertiary/aromatic N) is 3. The van der Waals surface area contributed by atoms with Gasteiger partial charge in [0.2, 0.25) is 0 Å². The molecule has 1 aromatic carbocycles. The Kier molecular flexibility index (Phi) is 3.88. The van der Waals surface area contributed by atoms with Crippen LogP contribution in [-0.4, -0.2) is 44.4 Å². The molecule has 3 rings (SSSR count). The fraction of sp³-hybridized carbons (Fsp3) is 0.312. The van der Waals surface area contributed by atoms with E-state index < -0.39 is 22.9 Å². The van der Waals surface area contributed by atoms with Crippen LogP contribution in [0.3, 0.4) is 0 Å². The third-order valence-corrected chi connectivity index (χ3v) is 4.51. The molecule has 1 N–H and O–H groups in total. The van der Waals surface area contributed by atoms with E-state index in [1.54, 1.807) is 19.1 Å². The Labute approximate surface area is 136 Å². The van der Waals surface area contributed by atoms with Crippen molar-refractivity contribution in [3.63, 3.8) is 0 Å². The molecule has 0 radical (unpaired) electrons. The molecule has 124 valence electrons. The number of aliphatic carboxylic acids is 1. The number of fused-ring (bicyclic) bond motifs is 1. The summed E-state index contributed by atoms with van der Waals surface area (Å²) < 4.78 is 0. The van der Waals surface area contributed by atoms with E-state index >= 15 is 0 Å². The van der Waals surface area contributed by atoms with Crippen LogP contribution in [0, 0.1) is 16.0 Å². The first-order valence-electron chi connectivity index (χ1n) is 7.47. The van der Waals surface area contributed by atoms with Crippen molar-refractivity contribution in [2.24, 2.45) is 5.92 Å². The van der Waals surface area contributed by atoms with Crippen molar-refractivity contribution in [1.82, 2.24) is 9.88 Å². The van der Waals surface area contributed by atoms with Gasteiger partial charge < -0.3 is 10.0 Å². The average Bonchev–Trinajstić information content (AvgIpc) is 2.94. The number of rotatable bonds is 3. The predicted octanol–water partition coefficient (Wildman–Crippen LogP) is 2.08. The molecule has 8 heteroatoms. The first kappa shape index (κ1) is 15.9. The molecule has 0 bridgehead atoms. The van der Waals surface area contributed by atoms with E-state index in [0.29, 0.717) is 13.0 Å². The minimum absolute atomic E-state index is 0.118. The maximum Gasteiger partial charge on any atom is 0.308 e. The third-order valence-electron chi connectivity index (χ3n) is 4.51. The van der Waals surface area contributed by atoms with Gasteiger partial charge in [-0.3, -0.25) is 24.7 Å². The highest BCUT2D eigenvalue weighted by Gasteiger charge is 2.39. The highest BCUT2D eigenvalue weighted by Crippen LogP contribution is 2.31. The Bertz CT molecular complexity index is 851. The quantitative estimate of drug-likeness (QED) is 0.681. The number of hydrogen-bond acceptors (Lipinski definition) is 5. The Morgan fingerprint density at radius 2 is 2.12 bits per heavy atom. The Hall–Kier alpha value is -3.03. The minimum Gasteiger partial charge on any atom is -0.481 e. The molecule has 0 aliphatic carbocycles. The van der Waals surface area contributed by atoms with Gasteiger partial charge in [-0.2, -0.15) is 0 Å². The summed E-state index contributed by atoms with van der Waals surface area (Å²) in [6, 6.07) is 5.35. The molecular weight excluding hydrogens is 314 g/mol. The van der Waals surface area contributed by atoms with E-state index in [9.17, 15) is 24.8 Å². The van der Waals surface area contributed by atoms with Crippen LogP contribution in [0.4, 0.5) is 5.69 Å². The highest BCUT2D eigenvalue weighted by molar-refractivity contribution is 6.08. The summed E-state index contributed by atoms with van der Waals surface area (Å²) in [7, 11) is 0. The number of carboxylic acids is 1. The fourth-order valence-corrected chi connectivity index (χ4v) is 3.20. The molecule has 24 heavy (non-hydrogen) atoms. The van der Waals surface area contributed by atoms with E-state index in [1.165, 1.54) is 23.2 Å². The topological polar surface area (TPSA) is 114 Å². The molecular formula is C16H15N3O5. The average molecular weight is 329 g/mol. The van der Waals surface area contributed by atoms with Crippen molar-refractivity contribution in [2.45, 2.75) is 19.4 Å². The third kappa shape index (κ3) is 2.45. The Morgan fingerprint density at radius 3 is 2.75 bits per heavy atom. The second kappa shape index (κ2) is 5.88. The van der Waals surface area contributed by atoms with Gasteiger partial charge in [-0.05, 0) is 31.5 Å². The molecule has 1 aliphatic rings. The lowest BCUT2D eigenvalue weighted by Gasteiger charge is -2.23. The summed E-state index contributed by atoms with van der Waals surface area (Å²) in [6.07, 6.45) is 1.86. The second-order valence-corrected chi connectivity index (χ2v) is 5.76. The molecule has 0 spiro atoms. The monoisotopic (exact) mass is 329 g/mol. The lowest BCUT2D eigenvalue weighted by Crippen LogP contribution is -2.37. The van der Waals surface area contributed by atoms with Gasteiger partial charge in [0.25, 0.3) is 11.6 Å². The zero-order chi connectivity index (χ0) is 17.4. The van der Waals surface area contributed by atoms with Gasteiger partial charge in [0.05, 0.1) is 27.3 Å². The number of pyridine rings is 1. The summed E-state index contributed by atoms with van der Waals surface area (Å²) >= 11 is 0. The van der Waals surface area contributed by atoms with Crippen LogP contribution < -0.4 is 0 Å². The second-order valence-electron chi connectivity index (χ2n) is 5.76. The summed E-state index contributed by atoms with van der Waals surface area (Å²) in [5.74, 6) is -1.89. The molecule has 2 aromatic rings. The van der Waals surface area contributed by atoms with Crippen LogP contribution in [0.25, 0.3) is 10.9 Å². The lowest BCUT2D eigenvalue weighted by atomic mass is 10.0. The van der Waals surface area contributed by atoms with Crippen LogP contribution in [0.2, 0.25) is 0 Å². The number of nitro benzene ring substituents is 1. The van der Waals surface area contributed by atoms with Crippen molar-refractivity contribution in [3.05, 3.63) is 46.1 Å². The predicted molar refractivity (Wildman–Crippen MR) is 84.6 cm³/mol. The molecule has 1 aromatic heterocycles. The highest BCUT2D eigenvalue weighted by atomic mass is 16.6. The van der Waals surface area contributed by atoms with Gasteiger partial charge in [-0.25, -0.2) is 0 Å². The maximum absolute atomic E-state index is 12.8. The van der Waals surface area contributed by atoms with Gasteiger partial charge in [-0.1, -0.05) is 0 Å². The smallest absolute Gasteiger partial charge is 0.308 e. The maximum atomic E-state index is 12.8. The van der Waals surface area contributed by atoms with Crippen molar-refractivity contribution in [1.29, 1.82) is 0 Å². The molecule has 2 atom stereocenters. The van der Waals surface area contributed by atoms with E-state index in [4.69, 9.17) is 0 Å². The number of carbonyl (C=O) groups is 2. The summed E-state index contributed by atoms with van der Waals surface area (Å²) in [4.78, 5) is 40.3. The van der Waals surface area contributed by atoms with Crippen molar-refractivity contribution in [2.75, 3.05) is 6.54 Å². The van der Waals surface area contributed by atoms with E-state index in [-0.39, 0.29) is 28.1 Å². The van der Waals surface area contributed by atoms with E-state index in [1.807, 2.05) is 0 Å². The molecule has 1 aliphatic heterocycles. The normalized spacial score (nSPS) is 20.3. The number of aromatic nitrogens is 1. The van der Waals surface area contributed by atoms with Gasteiger partial charge in [0.15, 0.2) is 0 Å². The molecule has 1 saturated heterocycles. The molecule has 1 fully saturated rings. The number of amides is 1. The summed E-state index contributed by atoms with van der Waals surface area (Å²) in [6.45, 7) is 2.03. The number of carbonyl (C=O) groups excluding carboxylic acids is 1. The minimum atomic E-state index is -0.926. The van der Waals surface area contributed by atoms with Crippen molar-refractivity contribution >= 4 is 28.5 Å². The van der Waals surface area contributed by atoms with Gasteiger partial charge >= 0.3 is 5.97 Å². The molecule has 2 unspecified atom stereocenters. The fourth-order valence-electron chi connectivity index (χ4n) is 3.20. The zero-order valence-corrected chi connectivity index (χ0v) is 12.9. The number of benzene rings is 1. The summed E-state index contributed by atoms with van der Waals surface area (Å²) in [5, 5.41) is 20.6. The van der Waals surface area contributed by atoms with Crippen LogP contribution >= 0.6 is 0 Å². The van der Waals surface area contributed by atoms with Crippen LogP contribution in [-0.2, 0) is 4.79 Å². The molecule has 2 heterocycles. The zero-order valence-electron chi connectivity index (χ0n) is 12.9. The van der Waals surface area contributed by atoms with Crippen LogP contribution in [0.1, 0.15) is 23.7 Å². The number of non-ortho nitro benzene ring substituents is 1. The summed E-state index contributed by atoms with van der Waals surface area (Å²) in [5.41, 5.74) is 0.379. The standard InChI is InChI=1S/C16H15N3O5/c1-9-10(16(21)22)6-8-18(9)15(20)12-4-5-13(19(23)24)11-3-2-7-17-14(11)12/h2-5,7,9-10H,6,8H2,1H3,(H,21,22). The Morgan fingerprint density at radius 1 is 1.38 bits per heavy atom. The Balaban J connectivity index is 2.04. The number of hydrogen-bond donors (Lipinski definition) is 1. The first-order chi connectivity index (χ1) is 11.4. The number of carboxylic acid groups (broad SMARTS) is 1. The van der Waals surface area contributed by atoms with Crippen LogP contribution in [0.15, 0.2) is 30.5 Å².